The molecule has 1 aliphatic rings. The molecule has 1 saturated carbocycles. The number of ether oxygens (including phenoxy) is 1. The molecule has 0 radical (unpaired) electrons. The second-order valence-electron chi connectivity index (χ2n) is 7.79. The number of hydrogen-bond acceptors (Lipinski definition) is 4. The smallest absolute Gasteiger partial charge is 0.445 e. The standard InChI is InChI=1S/C21H29F3N2O3/c1-14(11-15-7-3-2-4-8-15)26-13-17-10-6-5-9-16(17)12-18(19(25)27)29-20(28)21(22,23)24/h5-6,9-10,14-15,18,26H,2-4,7-8,11-13H2,1H3,(H2,25,27). The predicted octanol–water partition coefficient (Wildman–Crippen LogP) is 3.64. The molecule has 1 amide bonds. The van der Waals surface area contributed by atoms with Crippen molar-refractivity contribution in [1.82, 2.24) is 5.32 Å². The van der Waals surface area contributed by atoms with Gasteiger partial charge in [-0.15, -0.1) is 0 Å². The van der Waals surface area contributed by atoms with Crippen molar-refractivity contribution in [2.24, 2.45) is 11.7 Å². The fraction of sp³-hybridized carbons (Fsp3) is 0.619. The molecule has 2 rings (SSSR count). The summed E-state index contributed by atoms with van der Waals surface area (Å²) in [5.41, 5.74) is 6.60. The Labute approximate surface area is 169 Å². The molecule has 5 nitrogen and oxygen atoms in total. The monoisotopic (exact) mass is 414 g/mol. The normalized spacial score (nSPS) is 17.5. The zero-order chi connectivity index (χ0) is 21.4. The van der Waals surface area contributed by atoms with E-state index in [9.17, 15) is 22.8 Å². The van der Waals surface area contributed by atoms with E-state index in [2.05, 4.69) is 17.0 Å². The summed E-state index contributed by atoms with van der Waals surface area (Å²) in [5.74, 6) is -2.81. The minimum Gasteiger partial charge on any atom is -0.445 e. The van der Waals surface area contributed by atoms with Crippen LogP contribution in [0.4, 0.5) is 13.2 Å². The van der Waals surface area contributed by atoms with Crippen LogP contribution in [-0.4, -0.2) is 30.2 Å². The highest BCUT2D eigenvalue weighted by Gasteiger charge is 2.43. The topological polar surface area (TPSA) is 81.4 Å². The lowest BCUT2D eigenvalue weighted by Crippen LogP contribution is -2.39. The number of amides is 1. The Morgan fingerprint density at radius 3 is 2.38 bits per heavy atom. The zero-order valence-electron chi connectivity index (χ0n) is 16.6. The number of hydrogen-bond donors (Lipinski definition) is 2. The molecule has 2 atom stereocenters. The van der Waals surface area contributed by atoms with Crippen LogP contribution in [0.25, 0.3) is 0 Å². The van der Waals surface area contributed by atoms with Gasteiger partial charge in [-0.25, -0.2) is 4.79 Å². The third-order valence-electron chi connectivity index (χ3n) is 5.37. The predicted molar refractivity (Wildman–Crippen MR) is 103 cm³/mol. The summed E-state index contributed by atoms with van der Waals surface area (Å²) in [5, 5.41) is 3.45. The molecule has 1 aromatic rings. The van der Waals surface area contributed by atoms with Crippen molar-refractivity contribution in [2.45, 2.75) is 76.7 Å². The lowest BCUT2D eigenvalue weighted by atomic mass is 9.85. The van der Waals surface area contributed by atoms with Gasteiger partial charge in [0.05, 0.1) is 0 Å². The Kier molecular flexibility index (Phi) is 8.49. The highest BCUT2D eigenvalue weighted by atomic mass is 19.4. The van der Waals surface area contributed by atoms with E-state index in [1.165, 1.54) is 32.1 Å². The second-order valence-corrected chi connectivity index (χ2v) is 7.79. The van der Waals surface area contributed by atoms with Gasteiger partial charge >= 0.3 is 12.1 Å². The first-order valence-corrected chi connectivity index (χ1v) is 10.0. The van der Waals surface area contributed by atoms with E-state index in [4.69, 9.17) is 5.73 Å². The lowest BCUT2D eigenvalue weighted by molar-refractivity contribution is -0.205. The van der Waals surface area contributed by atoms with E-state index in [0.29, 0.717) is 18.2 Å². The summed E-state index contributed by atoms with van der Waals surface area (Å²) in [7, 11) is 0. The Bertz CT molecular complexity index is 688. The van der Waals surface area contributed by atoms with Crippen molar-refractivity contribution in [3.05, 3.63) is 35.4 Å². The van der Waals surface area contributed by atoms with E-state index >= 15 is 0 Å². The first-order valence-electron chi connectivity index (χ1n) is 10.0. The summed E-state index contributed by atoms with van der Waals surface area (Å²) in [6.07, 6.45) is 0.415. The van der Waals surface area contributed by atoms with Crippen LogP contribution in [0.1, 0.15) is 56.6 Å². The van der Waals surface area contributed by atoms with Gasteiger partial charge in [-0.05, 0) is 30.4 Å². The van der Waals surface area contributed by atoms with Gasteiger partial charge in [-0.2, -0.15) is 13.2 Å². The minimum atomic E-state index is -5.18. The Morgan fingerprint density at radius 2 is 1.79 bits per heavy atom. The van der Waals surface area contributed by atoms with Gasteiger partial charge < -0.3 is 15.8 Å². The highest BCUT2D eigenvalue weighted by Crippen LogP contribution is 2.27. The lowest BCUT2D eigenvalue weighted by Gasteiger charge is -2.25. The number of nitrogens with two attached hydrogens (primary N) is 1. The number of rotatable bonds is 9. The number of benzene rings is 1. The summed E-state index contributed by atoms with van der Waals surface area (Å²) in [6, 6.07) is 7.35. The Morgan fingerprint density at radius 1 is 1.17 bits per heavy atom. The summed E-state index contributed by atoms with van der Waals surface area (Å²) >= 11 is 0. The fourth-order valence-electron chi connectivity index (χ4n) is 3.82. The molecule has 0 aliphatic heterocycles. The third-order valence-corrected chi connectivity index (χ3v) is 5.37. The number of alkyl halides is 3. The Hall–Kier alpha value is -2.09. The van der Waals surface area contributed by atoms with Crippen LogP contribution in [0.3, 0.4) is 0 Å². The largest absolute Gasteiger partial charge is 0.490 e. The van der Waals surface area contributed by atoms with Crippen LogP contribution in [0.15, 0.2) is 24.3 Å². The number of halogens is 3. The zero-order valence-corrected chi connectivity index (χ0v) is 16.6. The second kappa shape index (κ2) is 10.6. The van der Waals surface area contributed by atoms with Crippen LogP contribution in [-0.2, 0) is 27.3 Å². The van der Waals surface area contributed by atoms with Crippen molar-refractivity contribution in [1.29, 1.82) is 0 Å². The third kappa shape index (κ3) is 7.68. The quantitative estimate of drug-likeness (QED) is 0.605. The van der Waals surface area contributed by atoms with E-state index in [1.54, 1.807) is 12.1 Å². The van der Waals surface area contributed by atoms with E-state index in [-0.39, 0.29) is 6.42 Å². The number of primary amides is 1. The minimum absolute atomic E-state index is 0.202. The van der Waals surface area contributed by atoms with Crippen molar-refractivity contribution < 1.29 is 27.5 Å². The number of esters is 1. The first-order chi connectivity index (χ1) is 13.7. The van der Waals surface area contributed by atoms with Crippen LogP contribution in [0, 0.1) is 5.92 Å². The SMILES string of the molecule is CC(CC1CCCCC1)NCc1ccccc1CC(OC(=O)C(F)(F)F)C(N)=O. The van der Waals surface area contributed by atoms with Gasteiger partial charge in [0.15, 0.2) is 6.10 Å². The molecule has 0 bridgehead atoms. The van der Waals surface area contributed by atoms with Crippen LogP contribution >= 0.6 is 0 Å². The molecule has 0 aromatic heterocycles. The number of carbonyl (C=O) groups is 2. The molecule has 0 spiro atoms. The van der Waals surface area contributed by atoms with E-state index in [1.807, 2.05) is 12.1 Å². The summed E-state index contributed by atoms with van der Waals surface area (Å²) in [6.45, 7) is 2.62. The molecule has 0 saturated heterocycles. The van der Waals surface area contributed by atoms with Gasteiger partial charge in [0.2, 0.25) is 0 Å². The van der Waals surface area contributed by atoms with Crippen LogP contribution in [0.5, 0.6) is 0 Å². The fourth-order valence-corrected chi connectivity index (χ4v) is 3.82. The van der Waals surface area contributed by atoms with Crippen molar-refractivity contribution >= 4 is 11.9 Å². The molecular formula is C21H29F3N2O3. The van der Waals surface area contributed by atoms with Gasteiger partial charge in [-0.1, -0.05) is 56.4 Å². The first kappa shape index (κ1) is 23.2. The van der Waals surface area contributed by atoms with Gasteiger partial charge in [0, 0.05) is 19.0 Å². The Balaban J connectivity index is 1.97. The van der Waals surface area contributed by atoms with E-state index in [0.717, 1.165) is 17.9 Å². The average Bonchev–Trinajstić information content (AvgIpc) is 2.66. The molecule has 8 heteroatoms. The van der Waals surface area contributed by atoms with Crippen LogP contribution < -0.4 is 11.1 Å². The molecular weight excluding hydrogens is 385 g/mol. The maximum atomic E-state index is 12.5. The molecule has 0 heterocycles. The molecule has 3 N–H and O–H groups in total. The van der Waals surface area contributed by atoms with Crippen molar-refractivity contribution in [3.63, 3.8) is 0 Å². The van der Waals surface area contributed by atoms with Gasteiger partial charge in [-0.3, -0.25) is 4.79 Å². The molecule has 1 fully saturated rings. The van der Waals surface area contributed by atoms with Gasteiger partial charge in [0.1, 0.15) is 0 Å². The van der Waals surface area contributed by atoms with Crippen molar-refractivity contribution in [3.8, 4) is 0 Å². The van der Waals surface area contributed by atoms with Crippen LogP contribution in [0.2, 0.25) is 0 Å². The molecule has 1 aliphatic carbocycles. The molecule has 2 unspecified atom stereocenters. The maximum Gasteiger partial charge on any atom is 0.490 e. The summed E-state index contributed by atoms with van der Waals surface area (Å²) in [4.78, 5) is 22.6. The summed E-state index contributed by atoms with van der Waals surface area (Å²) < 4.78 is 41.7. The van der Waals surface area contributed by atoms with E-state index < -0.39 is 24.2 Å². The number of carbonyl (C=O) groups excluding carboxylic acids is 2. The molecule has 1 aromatic carbocycles. The average molecular weight is 414 g/mol. The van der Waals surface area contributed by atoms with Crippen molar-refractivity contribution in [2.75, 3.05) is 0 Å². The molecule has 162 valence electrons. The maximum absolute atomic E-state index is 12.5. The molecule has 29 heavy (non-hydrogen) atoms. The number of nitrogens with one attached hydrogen (secondary N) is 1. The highest BCUT2D eigenvalue weighted by molar-refractivity contribution is 5.84. The van der Waals surface area contributed by atoms with Gasteiger partial charge in [0.25, 0.3) is 5.91 Å².